The predicted octanol–water partition coefficient (Wildman–Crippen LogP) is 4.63. The topological polar surface area (TPSA) is 88.1 Å². The summed E-state index contributed by atoms with van der Waals surface area (Å²) >= 11 is 0. The summed E-state index contributed by atoms with van der Waals surface area (Å²) in [5, 5.41) is 4.37. The number of benzene rings is 1. The number of sulfonamides is 1. The molecule has 1 aliphatic rings. The van der Waals surface area contributed by atoms with Gasteiger partial charge in [0.05, 0.1) is 18.6 Å². The molecule has 7 nitrogen and oxygen atoms in total. The molecule has 0 atom stereocenters. The van der Waals surface area contributed by atoms with Crippen molar-refractivity contribution in [1.82, 2.24) is 5.43 Å². The Hall–Kier alpha value is -2.09. The molecule has 0 spiro atoms. The lowest BCUT2D eigenvalue weighted by atomic mass is 10.00. The highest BCUT2D eigenvalue weighted by Crippen LogP contribution is 2.22. The van der Waals surface area contributed by atoms with Gasteiger partial charge in [-0.3, -0.25) is 9.10 Å². The van der Waals surface area contributed by atoms with Gasteiger partial charge in [-0.1, -0.05) is 44.9 Å². The number of hydrazone groups is 1. The quantitative estimate of drug-likeness (QED) is 0.612. The number of hydrogen-bond donors (Lipinski definition) is 1. The van der Waals surface area contributed by atoms with E-state index in [2.05, 4.69) is 10.5 Å². The number of amides is 1. The SMILES string of the molecule is CCS(=O)(=O)N(CC(=O)NN=C1CCCCCCCCCCC1)c1ccc(OC)cc1. The zero-order valence-corrected chi connectivity index (χ0v) is 19.8. The maximum atomic E-state index is 12.6. The number of carbonyl (C=O) groups is 1. The fourth-order valence-corrected chi connectivity index (χ4v) is 4.76. The van der Waals surface area contributed by atoms with Crippen molar-refractivity contribution < 1.29 is 17.9 Å². The first kappa shape index (κ1) is 25.2. The molecule has 0 bridgehead atoms. The molecule has 0 radical (unpaired) electrons. The summed E-state index contributed by atoms with van der Waals surface area (Å²) in [6.45, 7) is 1.26. The van der Waals surface area contributed by atoms with Gasteiger partial charge >= 0.3 is 0 Å². The summed E-state index contributed by atoms with van der Waals surface area (Å²) < 4.78 is 31.4. The lowest BCUT2D eigenvalue weighted by Crippen LogP contribution is -2.40. The second-order valence-electron chi connectivity index (χ2n) is 8.00. The van der Waals surface area contributed by atoms with Crippen LogP contribution in [0.5, 0.6) is 5.75 Å². The molecule has 31 heavy (non-hydrogen) atoms. The lowest BCUT2D eigenvalue weighted by Gasteiger charge is -2.23. The van der Waals surface area contributed by atoms with E-state index in [0.717, 1.165) is 35.7 Å². The first-order valence-electron chi connectivity index (χ1n) is 11.4. The van der Waals surface area contributed by atoms with Crippen LogP contribution in [0.25, 0.3) is 0 Å². The minimum atomic E-state index is -3.61. The van der Waals surface area contributed by atoms with Crippen LogP contribution >= 0.6 is 0 Å². The third kappa shape index (κ3) is 8.89. The molecular formula is C23H37N3O4S. The Morgan fingerprint density at radius 3 is 1.97 bits per heavy atom. The minimum Gasteiger partial charge on any atom is -0.497 e. The molecule has 1 saturated carbocycles. The van der Waals surface area contributed by atoms with Gasteiger partial charge in [-0.2, -0.15) is 5.10 Å². The smallest absolute Gasteiger partial charge is 0.260 e. The molecule has 8 heteroatoms. The number of nitrogens with one attached hydrogen (secondary N) is 1. The summed E-state index contributed by atoms with van der Waals surface area (Å²) in [5.74, 6) is 0.0864. The number of hydrogen-bond acceptors (Lipinski definition) is 5. The largest absolute Gasteiger partial charge is 0.497 e. The van der Waals surface area contributed by atoms with Gasteiger partial charge in [0.25, 0.3) is 5.91 Å². The maximum Gasteiger partial charge on any atom is 0.260 e. The van der Waals surface area contributed by atoms with Gasteiger partial charge in [0.2, 0.25) is 10.0 Å². The third-order valence-electron chi connectivity index (χ3n) is 5.62. The summed E-state index contributed by atoms with van der Waals surface area (Å²) in [6.07, 6.45) is 12.8. The monoisotopic (exact) mass is 451 g/mol. The van der Waals surface area contributed by atoms with Crippen molar-refractivity contribution in [1.29, 1.82) is 0 Å². The van der Waals surface area contributed by atoms with Crippen LogP contribution in [0, 0.1) is 0 Å². The van der Waals surface area contributed by atoms with Gasteiger partial charge < -0.3 is 4.74 Å². The molecule has 0 aromatic heterocycles. The Labute approximate surface area is 187 Å². The van der Waals surface area contributed by atoms with Gasteiger partial charge in [-0.05, 0) is 56.9 Å². The van der Waals surface area contributed by atoms with Crippen LogP contribution in [0.15, 0.2) is 29.4 Å². The molecule has 0 aliphatic heterocycles. The van der Waals surface area contributed by atoms with E-state index in [1.54, 1.807) is 38.3 Å². The summed E-state index contributed by atoms with van der Waals surface area (Å²) in [4.78, 5) is 12.6. The van der Waals surface area contributed by atoms with Crippen LogP contribution in [0.1, 0.15) is 77.6 Å². The summed E-state index contributed by atoms with van der Waals surface area (Å²) in [6, 6.07) is 6.63. The highest BCUT2D eigenvalue weighted by Gasteiger charge is 2.23. The zero-order valence-electron chi connectivity index (χ0n) is 18.9. The summed E-state index contributed by atoms with van der Waals surface area (Å²) in [5.41, 5.74) is 4.03. The number of nitrogens with zero attached hydrogens (tertiary/aromatic N) is 2. The molecule has 1 fully saturated rings. The van der Waals surface area contributed by atoms with Crippen molar-refractivity contribution in [3.63, 3.8) is 0 Å². The molecule has 1 amide bonds. The number of anilines is 1. The fraction of sp³-hybridized carbons (Fsp3) is 0.652. The van der Waals surface area contributed by atoms with E-state index in [4.69, 9.17) is 4.74 Å². The van der Waals surface area contributed by atoms with Gasteiger partial charge in [-0.15, -0.1) is 0 Å². The third-order valence-corrected chi connectivity index (χ3v) is 7.36. The number of methoxy groups -OCH3 is 1. The van der Waals surface area contributed by atoms with Crippen LogP contribution in [0.4, 0.5) is 5.69 Å². The molecule has 2 rings (SSSR count). The molecule has 1 aromatic carbocycles. The Morgan fingerprint density at radius 2 is 1.48 bits per heavy atom. The average Bonchev–Trinajstić information content (AvgIpc) is 2.77. The molecule has 0 heterocycles. The maximum absolute atomic E-state index is 12.6. The average molecular weight is 452 g/mol. The first-order valence-corrected chi connectivity index (χ1v) is 13.1. The van der Waals surface area contributed by atoms with Crippen molar-refractivity contribution in [2.45, 2.75) is 77.6 Å². The summed E-state index contributed by atoms with van der Waals surface area (Å²) in [7, 11) is -2.07. The standard InChI is InChI=1S/C23H37N3O4S/c1-3-31(28,29)26(21-15-17-22(30-2)18-16-21)19-23(27)25-24-20-13-11-9-7-5-4-6-8-10-12-14-20/h15-18H,3-14,19H2,1-2H3,(H,25,27). The lowest BCUT2D eigenvalue weighted by molar-refractivity contribution is -0.119. The normalized spacial score (nSPS) is 16.5. The van der Waals surface area contributed by atoms with Crippen LogP contribution in [-0.4, -0.2) is 39.4 Å². The predicted molar refractivity (Wildman–Crippen MR) is 126 cm³/mol. The van der Waals surface area contributed by atoms with E-state index in [9.17, 15) is 13.2 Å². The number of ether oxygens (including phenoxy) is 1. The number of carbonyl (C=O) groups excluding carboxylic acids is 1. The molecule has 1 aliphatic carbocycles. The van der Waals surface area contributed by atoms with Gasteiger partial charge in [0.1, 0.15) is 12.3 Å². The fourth-order valence-electron chi connectivity index (χ4n) is 3.69. The van der Waals surface area contributed by atoms with E-state index >= 15 is 0 Å². The van der Waals surface area contributed by atoms with E-state index in [-0.39, 0.29) is 12.3 Å². The van der Waals surface area contributed by atoms with E-state index < -0.39 is 15.9 Å². The van der Waals surface area contributed by atoms with Crippen molar-refractivity contribution in [3.8, 4) is 5.75 Å². The molecule has 1 N–H and O–H groups in total. The van der Waals surface area contributed by atoms with Gasteiger partial charge in [0, 0.05) is 5.71 Å². The number of rotatable bonds is 7. The zero-order chi connectivity index (χ0) is 22.5. The Bertz CT molecular complexity index is 793. The molecule has 174 valence electrons. The van der Waals surface area contributed by atoms with Crippen molar-refractivity contribution in [2.75, 3.05) is 23.7 Å². The van der Waals surface area contributed by atoms with Crippen LogP contribution in [0.3, 0.4) is 0 Å². The Balaban J connectivity index is 2.03. The van der Waals surface area contributed by atoms with Crippen molar-refractivity contribution in [3.05, 3.63) is 24.3 Å². The van der Waals surface area contributed by atoms with Crippen molar-refractivity contribution >= 4 is 27.3 Å². The van der Waals surface area contributed by atoms with Crippen LogP contribution in [-0.2, 0) is 14.8 Å². The minimum absolute atomic E-state index is 0.0964. The second-order valence-corrected chi connectivity index (χ2v) is 10.2. The Kier molecular flexibility index (Phi) is 10.8. The highest BCUT2D eigenvalue weighted by molar-refractivity contribution is 7.92. The van der Waals surface area contributed by atoms with Gasteiger partial charge in [0.15, 0.2) is 0 Å². The second kappa shape index (κ2) is 13.3. The van der Waals surface area contributed by atoms with E-state index in [1.165, 1.54) is 44.9 Å². The molecule has 1 aromatic rings. The van der Waals surface area contributed by atoms with E-state index in [1.807, 2.05) is 0 Å². The first-order chi connectivity index (χ1) is 15.0. The molecular weight excluding hydrogens is 414 g/mol. The van der Waals surface area contributed by atoms with Gasteiger partial charge in [-0.25, -0.2) is 13.8 Å². The molecule has 0 unspecified atom stereocenters. The Morgan fingerprint density at radius 1 is 0.968 bits per heavy atom. The van der Waals surface area contributed by atoms with E-state index in [0.29, 0.717) is 11.4 Å². The van der Waals surface area contributed by atoms with Crippen LogP contribution < -0.4 is 14.5 Å². The highest BCUT2D eigenvalue weighted by atomic mass is 32.2. The van der Waals surface area contributed by atoms with Crippen molar-refractivity contribution in [2.24, 2.45) is 5.10 Å². The van der Waals surface area contributed by atoms with Crippen LogP contribution in [0.2, 0.25) is 0 Å². The molecule has 0 saturated heterocycles.